The average Bonchev–Trinajstić information content (AvgIpc) is 3.26. The van der Waals surface area contributed by atoms with Gasteiger partial charge in [-0.2, -0.15) is 0 Å². The van der Waals surface area contributed by atoms with Gasteiger partial charge in [0.15, 0.2) is 11.0 Å². The van der Waals surface area contributed by atoms with E-state index in [2.05, 4.69) is 6.58 Å². The molecule has 1 spiro atoms. The van der Waals surface area contributed by atoms with E-state index in [1.807, 2.05) is 42.5 Å². The molecule has 0 N–H and O–H groups in total. The topological polar surface area (TPSA) is 70.8 Å². The lowest BCUT2D eigenvalue weighted by atomic mass is 9.84. The lowest BCUT2D eigenvalue weighted by Crippen LogP contribution is -2.53. The van der Waals surface area contributed by atoms with Crippen LogP contribution in [0.2, 0.25) is 5.02 Å². The third kappa shape index (κ3) is 2.80. The number of rotatable bonds is 4. The van der Waals surface area contributed by atoms with Gasteiger partial charge in [0.2, 0.25) is 5.76 Å². The van der Waals surface area contributed by atoms with E-state index < -0.39 is 16.9 Å². The van der Waals surface area contributed by atoms with Crippen molar-refractivity contribution in [1.82, 2.24) is 4.90 Å². The van der Waals surface area contributed by atoms with Gasteiger partial charge >= 0.3 is 0 Å². The molecule has 0 radical (unpaired) electrons. The molecule has 0 saturated heterocycles. The van der Waals surface area contributed by atoms with Gasteiger partial charge in [0.25, 0.3) is 11.8 Å². The summed E-state index contributed by atoms with van der Waals surface area (Å²) < 4.78 is 5.98. The number of halogens is 1. The molecule has 2 amide bonds. The van der Waals surface area contributed by atoms with E-state index in [0.29, 0.717) is 16.3 Å². The Balaban J connectivity index is 1.68. The minimum atomic E-state index is -1.66. The second-order valence-electron chi connectivity index (χ2n) is 8.58. The third-order valence-corrected chi connectivity index (χ3v) is 6.93. The van der Waals surface area contributed by atoms with Crippen molar-refractivity contribution >= 4 is 40.1 Å². The summed E-state index contributed by atoms with van der Waals surface area (Å²) in [6.07, 6.45) is 1.54. The Kier molecular flexibility index (Phi) is 4.69. The van der Waals surface area contributed by atoms with Crippen LogP contribution in [-0.2, 0) is 16.9 Å². The average molecular weight is 483 g/mol. The van der Waals surface area contributed by atoms with E-state index in [1.54, 1.807) is 35.2 Å². The van der Waals surface area contributed by atoms with Crippen molar-refractivity contribution in [3.63, 3.8) is 0 Å². The van der Waals surface area contributed by atoms with Crippen molar-refractivity contribution in [3.8, 4) is 0 Å². The van der Waals surface area contributed by atoms with E-state index in [0.717, 1.165) is 5.56 Å². The SMILES string of the molecule is C=CCN1C(=O)c2oc3ccc(Cl)cc3c(=O)c2[C@]12C(=O)N(Cc1ccccc1)c1ccccc12. The molecule has 2 aliphatic rings. The number of hydrogen-bond acceptors (Lipinski definition) is 4. The molecule has 3 aromatic carbocycles. The number of benzene rings is 3. The van der Waals surface area contributed by atoms with Crippen LogP contribution in [0.1, 0.15) is 27.2 Å². The van der Waals surface area contributed by atoms with Crippen LogP contribution in [0, 0.1) is 0 Å². The molecule has 7 heteroatoms. The van der Waals surface area contributed by atoms with Crippen LogP contribution in [-0.4, -0.2) is 23.3 Å². The number of nitrogens with zero attached hydrogens (tertiary/aromatic N) is 2. The maximum Gasteiger partial charge on any atom is 0.291 e. The number of carbonyl (C=O) groups excluding carboxylic acids is 2. The van der Waals surface area contributed by atoms with Gasteiger partial charge in [0.1, 0.15) is 5.58 Å². The molecular formula is C28H19ClN2O4. The minimum Gasteiger partial charge on any atom is -0.450 e. The fourth-order valence-corrected chi connectivity index (χ4v) is 5.44. The molecule has 0 saturated carbocycles. The minimum absolute atomic E-state index is 0.0205. The zero-order chi connectivity index (χ0) is 24.3. The van der Waals surface area contributed by atoms with Gasteiger partial charge in [0, 0.05) is 17.1 Å². The van der Waals surface area contributed by atoms with Crippen molar-refractivity contribution in [2.24, 2.45) is 0 Å². The van der Waals surface area contributed by atoms with Crippen molar-refractivity contribution in [1.29, 1.82) is 0 Å². The fourth-order valence-electron chi connectivity index (χ4n) is 5.27. The standard InChI is InChI=1S/C28H19ClN2O4/c1-2-14-31-26(33)25-23(24(32)19-15-18(29)12-13-22(19)35-25)28(31)20-10-6-7-11-21(20)30(27(28)34)16-17-8-4-3-5-9-17/h2-13,15H,1,14,16H2/t28-/m1/s1. The maximum absolute atomic E-state index is 14.4. The Hall–Kier alpha value is -4.16. The summed E-state index contributed by atoms with van der Waals surface area (Å²) >= 11 is 6.18. The van der Waals surface area contributed by atoms with Crippen LogP contribution < -0.4 is 10.3 Å². The first-order valence-corrected chi connectivity index (χ1v) is 11.5. The quantitative estimate of drug-likeness (QED) is 0.389. The summed E-state index contributed by atoms with van der Waals surface area (Å²) in [6.45, 7) is 4.13. The number of anilines is 1. The van der Waals surface area contributed by atoms with Crippen LogP contribution >= 0.6 is 11.6 Å². The first-order valence-electron chi connectivity index (χ1n) is 11.1. The predicted octanol–water partition coefficient (Wildman–Crippen LogP) is 4.88. The Bertz CT molecular complexity index is 1610. The number of hydrogen-bond donors (Lipinski definition) is 0. The molecule has 6 nitrogen and oxygen atoms in total. The molecule has 35 heavy (non-hydrogen) atoms. The highest BCUT2D eigenvalue weighted by Gasteiger charge is 2.64. The summed E-state index contributed by atoms with van der Waals surface area (Å²) in [5, 5.41) is 0.575. The van der Waals surface area contributed by atoms with E-state index >= 15 is 0 Å². The molecule has 1 aromatic heterocycles. The van der Waals surface area contributed by atoms with Gasteiger partial charge in [-0.15, -0.1) is 6.58 Å². The fraction of sp³-hybridized carbons (Fsp3) is 0.107. The first-order chi connectivity index (χ1) is 17.0. The zero-order valence-electron chi connectivity index (χ0n) is 18.5. The van der Waals surface area contributed by atoms with Gasteiger partial charge < -0.3 is 14.2 Å². The Labute approximate surface area is 205 Å². The molecule has 0 fully saturated rings. The third-order valence-electron chi connectivity index (χ3n) is 6.69. The summed E-state index contributed by atoms with van der Waals surface area (Å²) in [7, 11) is 0. The summed E-state index contributed by atoms with van der Waals surface area (Å²) in [6, 6.07) is 21.5. The molecule has 0 bridgehead atoms. The molecular weight excluding hydrogens is 464 g/mol. The van der Waals surface area contributed by atoms with Gasteiger partial charge in [-0.1, -0.05) is 66.2 Å². The second-order valence-corrected chi connectivity index (χ2v) is 9.02. The van der Waals surface area contributed by atoms with Crippen molar-refractivity contribution in [2.75, 3.05) is 11.4 Å². The monoisotopic (exact) mass is 482 g/mol. The number of para-hydroxylation sites is 1. The summed E-state index contributed by atoms with van der Waals surface area (Å²) in [4.78, 5) is 45.1. The zero-order valence-corrected chi connectivity index (χ0v) is 19.3. The van der Waals surface area contributed by atoms with Gasteiger partial charge in [-0.25, -0.2) is 0 Å². The van der Waals surface area contributed by atoms with Crippen LogP contribution in [0.3, 0.4) is 0 Å². The molecule has 2 aliphatic heterocycles. The van der Waals surface area contributed by atoms with Gasteiger partial charge in [0.05, 0.1) is 23.2 Å². The van der Waals surface area contributed by atoms with Gasteiger partial charge in [-0.05, 0) is 29.8 Å². The summed E-state index contributed by atoms with van der Waals surface area (Å²) in [5.41, 5.74) is 0.265. The van der Waals surface area contributed by atoms with E-state index in [1.165, 1.54) is 11.0 Å². The highest BCUT2D eigenvalue weighted by molar-refractivity contribution is 6.31. The first kappa shape index (κ1) is 21.4. The highest BCUT2D eigenvalue weighted by Crippen LogP contribution is 2.52. The van der Waals surface area contributed by atoms with Crippen LogP contribution in [0.15, 0.2) is 94.7 Å². The Morgan fingerprint density at radius 1 is 0.971 bits per heavy atom. The molecule has 4 aromatic rings. The molecule has 0 aliphatic carbocycles. The lowest BCUT2D eigenvalue weighted by molar-refractivity contribution is -0.126. The van der Waals surface area contributed by atoms with Gasteiger partial charge in [-0.3, -0.25) is 14.4 Å². The van der Waals surface area contributed by atoms with E-state index in [9.17, 15) is 14.4 Å². The van der Waals surface area contributed by atoms with E-state index in [-0.39, 0.29) is 41.3 Å². The molecule has 3 heterocycles. The lowest BCUT2D eigenvalue weighted by Gasteiger charge is -2.33. The molecule has 172 valence electrons. The summed E-state index contributed by atoms with van der Waals surface area (Å²) in [5.74, 6) is -1.04. The van der Waals surface area contributed by atoms with Crippen LogP contribution in [0.25, 0.3) is 11.0 Å². The van der Waals surface area contributed by atoms with Crippen molar-refractivity contribution < 1.29 is 14.0 Å². The maximum atomic E-state index is 14.4. The normalized spacial score (nSPS) is 18.4. The predicted molar refractivity (Wildman–Crippen MR) is 134 cm³/mol. The molecule has 6 rings (SSSR count). The van der Waals surface area contributed by atoms with E-state index in [4.69, 9.17) is 16.0 Å². The molecule has 1 atom stereocenters. The number of fused-ring (bicyclic) bond motifs is 5. The van der Waals surface area contributed by atoms with Crippen LogP contribution in [0.5, 0.6) is 0 Å². The van der Waals surface area contributed by atoms with Crippen molar-refractivity contribution in [3.05, 3.63) is 123 Å². The Morgan fingerprint density at radius 2 is 1.71 bits per heavy atom. The largest absolute Gasteiger partial charge is 0.450 e. The second kappa shape index (κ2) is 7.68. The molecule has 0 unspecified atom stereocenters. The number of carbonyl (C=O) groups is 2. The smallest absolute Gasteiger partial charge is 0.291 e. The highest BCUT2D eigenvalue weighted by atomic mass is 35.5. The number of amides is 2. The Morgan fingerprint density at radius 3 is 2.49 bits per heavy atom. The van der Waals surface area contributed by atoms with Crippen molar-refractivity contribution in [2.45, 2.75) is 12.1 Å². The van der Waals surface area contributed by atoms with Crippen LogP contribution in [0.4, 0.5) is 5.69 Å².